The third kappa shape index (κ3) is 3.09. The number of nitrogens with one attached hydrogen (secondary N) is 2. The second-order valence-electron chi connectivity index (χ2n) is 6.85. The first kappa shape index (κ1) is 18.9. The summed E-state index contributed by atoms with van der Waals surface area (Å²) in [7, 11) is 0. The minimum atomic E-state index is -1.16. The number of carbonyl (C=O) groups excluding carboxylic acids is 3. The van der Waals surface area contributed by atoms with E-state index in [2.05, 4.69) is 10.6 Å². The Labute approximate surface area is 169 Å². The molecule has 1 spiro atoms. The number of benzene rings is 2. The Morgan fingerprint density at radius 3 is 2.79 bits per heavy atom. The van der Waals surface area contributed by atoms with Gasteiger partial charge in [-0.2, -0.15) is 0 Å². The van der Waals surface area contributed by atoms with Gasteiger partial charge in [-0.05, 0) is 30.0 Å². The monoisotopic (exact) mass is 414 g/mol. The molecule has 1 aliphatic carbocycles. The zero-order valence-electron chi connectivity index (χ0n) is 15.0. The van der Waals surface area contributed by atoms with Crippen molar-refractivity contribution in [2.45, 2.75) is 18.4 Å². The van der Waals surface area contributed by atoms with Gasteiger partial charge in [-0.1, -0.05) is 35.9 Å². The zero-order chi connectivity index (χ0) is 20.8. The van der Waals surface area contributed by atoms with Crippen LogP contribution in [0.15, 0.2) is 42.5 Å². The SMILES string of the molecule is O=C(CN1C(=O)NC2(CCc3ccccc32)C1=O)Nc1cc([N+](=O)[O-])ccc1Cl. The van der Waals surface area contributed by atoms with Crippen molar-refractivity contribution in [1.29, 1.82) is 0 Å². The van der Waals surface area contributed by atoms with Gasteiger partial charge in [0.25, 0.3) is 11.6 Å². The van der Waals surface area contributed by atoms with Gasteiger partial charge in [-0.3, -0.25) is 24.6 Å². The van der Waals surface area contributed by atoms with Crippen molar-refractivity contribution in [3.8, 4) is 0 Å². The van der Waals surface area contributed by atoms with Crippen molar-refractivity contribution in [2.24, 2.45) is 0 Å². The number of nitro groups is 1. The van der Waals surface area contributed by atoms with E-state index >= 15 is 0 Å². The largest absolute Gasteiger partial charge is 0.325 e. The lowest BCUT2D eigenvalue weighted by atomic mass is 9.92. The molecule has 148 valence electrons. The van der Waals surface area contributed by atoms with Gasteiger partial charge < -0.3 is 10.6 Å². The standard InChI is InChI=1S/C19H15ClN4O5/c20-14-6-5-12(24(28)29)9-15(14)21-16(25)10-23-17(26)19(22-18(23)27)8-7-11-3-1-2-4-13(11)19/h1-6,9H,7-8,10H2,(H,21,25)(H,22,27). The van der Waals surface area contributed by atoms with Crippen LogP contribution in [0.3, 0.4) is 0 Å². The Hall–Kier alpha value is -3.46. The Morgan fingerprint density at radius 2 is 2.03 bits per heavy atom. The van der Waals surface area contributed by atoms with E-state index in [1.807, 2.05) is 12.1 Å². The van der Waals surface area contributed by atoms with Crippen LogP contribution < -0.4 is 10.6 Å². The van der Waals surface area contributed by atoms with Gasteiger partial charge in [-0.15, -0.1) is 0 Å². The summed E-state index contributed by atoms with van der Waals surface area (Å²) in [5, 5.41) is 16.2. The van der Waals surface area contributed by atoms with E-state index in [1.165, 1.54) is 12.1 Å². The Kier molecular flexibility index (Phi) is 4.46. The summed E-state index contributed by atoms with van der Waals surface area (Å²) in [6.07, 6.45) is 1.07. The van der Waals surface area contributed by atoms with Crippen LogP contribution in [0.4, 0.5) is 16.2 Å². The predicted octanol–water partition coefficient (Wildman–Crippen LogP) is 2.58. The predicted molar refractivity (Wildman–Crippen MR) is 103 cm³/mol. The fourth-order valence-corrected chi connectivity index (χ4v) is 3.95. The van der Waals surface area contributed by atoms with Crippen molar-refractivity contribution in [3.05, 3.63) is 68.7 Å². The third-order valence-corrected chi connectivity index (χ3v) is 5.49. The second-order valence-corrected chi connectivity index (χ2v) is 7.26. The Morgan fingerprint density at radius 1 is 1.28 bits per heavy atom. The lowest BCUT2D eigenvalue weighted by Gasteiger charge is -2.22. The highest BCUT2D eigenvalue weighted by Gasteiger charge is 2.55. The first-order valence-corrected chi connectivity index (χ1v) is 9.16. The van der Waals surface area contributed by atoms with Gasteiger partial charge in [0.15, 0.2) is 0 Å². The number of rotatable bonds is 4. The quantitative estimate of drug-likeness (QED) is 0.452. The summed E-state index contributed by atoms with van der Waals surface area (Å²) in [5.74, 6) is -1.19. The molecule has 4 rings (SSSR count). The molecular weight excluding hydrogens is 400 g/mol. The van der Waals surface area contributed by atoms with E-state index in [0.29, 0.717) is 12.8 Å². The van der Waals surface area contributed by atoms with E-state index in [0.717, 1.165) is 22.1 Å². The molecule has 0 bridgehead atoms. The molecule has 2 aromatic carbocycles. The summed E-state index contributed by atoms with van der Waals surface area (Å²) in [6.45, 7) is -0.534. The minimum absolute atomic E-state index is 0.0267. The zero-order valence-corrected chi connectivity index (χ0v) is 15.7. The Balaban J connectivity index is 1.53. The van der Waals surface area contributed by atoms with Gasteiger partial charge in [0.1, 0.15) is 12.1 Å². The van der Waals surface area contributed by atoms with Crippen LogP contribution in [0.5, 0.6) is 0 Å². The maximum atomic E-state index is 13.0. The number of fused-ring (bicyclic) bond motifs is 2. The van der Waals surface area contributed by atoms with Crippen molar-refractivity contribution >= 4 is 40.8 Å². The van der Waals surface area contributed by atoms with E-state index in [-0.39, 0.29) is 16.4 Å². The van der Waals surface area contributed by atoms with Gasteiger partial charge in [0, 0.05) is 12.1 Å². The topological polar surface area (TPSA) is 122 Å². The molecule has 2 aliphatic rings. The number of halogens is 1. The van der Waals surface area contributed by atoms with Crippen LogP contribution in [-0.2, 0) is 21.5 Å². The number of non-ortho nitro benzene ring substituents is 1. The van der Waals surface area contributed by atoms with Gasteiger partial charge in [0.05, 0.1) is 15.6 Å². The molecule has 1 heterocycles. The molecule has 1 aliphatic heterocycles. The van der Waals surface area contributed by atoms with E-state index in [1.54, 1.807) is 12.1 Å². The fraction of sp³-hybridized carbons (Fsp3) is 0.211. The van der Waals surface area contributed by atoms with Crippen LogP contribution in [0.2, 0.25) is 5.02 Å². The summed E-state index contributed by atoms with van der Waals surface area (Å²) in [4.78, 5) is 49.1. The van der Waals surface area contributed by atoms with Crippen molar-refractivity contribution in [1.82, 2.24) is 10.2 Å². The normalized spacial score (nSPS) is 20.0. The molecule has 1 unspecified atom stereocenters. The molecule has 0 saturated carbocycles. The van der Waals surface area contributed by atoms with Crippen LogP contribution >= 0.6 is 11.6 Å². The Bertz CT molecular complexity index is 1070. The number of nitro benzene ring substituents is 1. The average Bonchev–Trinajstić information content (AvgIpc) is 3.17. The summed E-state index contributed by atoms with van der Waals surface area (Å²) in [6, 6.07) is 10.3. The minimum Gasteiger partial charge on any atom is -0.323 e. The molecule has 0 aromatic heterocycles. The van der Waals surface area contributed by atoms with Crippen LogP contribution in [-0.4, -0.2) is 34.2 Å². The average molecular weight is 415 g/mol. The van der Waals surface area contributed by atoms with Crippen molar-refractivity contribution < 1.29 is 19.3 Å². The fourth-order valence-electron chi connectivity index (χ4n) is 3.79. The van der Waals surface area contributed by atoms with Crippen molar-refractivity contribution in [2.75, 3.05) is 11.9 Å². The number of urea groups is 1. The first-order valence-electron chi connectivity index (χ1n) is 8.78. The number of aryl methyl sites for hydroxylation is 1. The van der Waals surface area contributed by atoms with Gasteiger partial charge >= 0.3 is 6.03 Å². The second kappa shape index (κ2) is 6.85. The van der Waals surface area contributed by atoms with Crippen LogP contribution in [0, 0.1) is 10.1 Å². The molecule has 1 saturated heterocycles. The number of hydrogen-bond acceptors (Lipinski definition) is 5. The molecular formula is C19H15ClN4O5. The molecule has 1 fully saturated rings. The number of hydrogen-bond donors (Lipinski definition) is 2. The molecule has 29 heavy (non-hydrogen) atoms. The smallest absolute Gasteiger partial charge is 0.323 e. The number of nitrogens with zero attached hydrogens (tertiary/aromatic N) is 2. The van der Waals surface area contributed by atoms with E-state index < -0.39 is 34.9 Å². The van der Waals surface area contributed by atoms with E-state index in [9.17, 15) is 24.5 Å². The molecule has 2 N–H and O–H groups in total. The molecule has 4 amide bonds. The molecule has 1 atom stereocenters. The summed E-state index contributed by atoms with van der Waals surface area (Å²) in [5.41, 5.74) is 0.343. The van der Waals surface area contributed by atoms with Crippen LogP contribution in [0.1, 0.15) is 17.5 Å². The van der Waals surface area contributed by atoms with E-state index in [4.69, 9.17) is 11.6 Å². The number of imide groups is 1. The van der Waals surface area contributed by atoms with Crippen molar-refractivity contribution in [3.63, 3.8) is 0 Å². The lowest BCUT2D eigenvalue weighted by molar-refractivity contribution is -0.384. The molecule has 10 heteroatoms. The number of carbonyl (C=O) groups is 3. The number of anilines is 1. The molecule has 9 nitrogen and oxygen atoms in total. The highest BCUT2D eigenvalue weighted by molar-refractivity contribution is 6.33. The van der Waals surface area contributed by atoms with Gasteiger partial charge in [0.2, 0.25) is 5.91 Å². The van der Waals surface area contributed by atoms with Gasteiger partial charge in [-0.25, -0.2) is 4.79 Å². The molecule has 0 radical (unpaired) electrons. The first-order chi connectivity index (χ1) is 13.8. The highest BCUT2D eigenvalue weighted by Crippen LogP contribution is 2.41. The number of amides is 4. The maximum Gasteiger partial charge on any atom is 0.325 e. The lowest BCUT2D eigenvalue weighted by Crippen LogP contribution is -2.43. The summed E-state index contributed by atoms with van der Waals surface area (Å²) < 4.78 is 0. The van der Waals surface area contributed by atoms with Crippen LogP contribution in [0.25, 0.3) is 0 Å². The molecule has 2 aromatic rings. The maximum absolute atomic E-state index is 13.0. The third-order valence-electron chi connectivity index (χ3n) is 5.16. The summed E-state index contributed by atoms with van der Waals surface area (Å²) >= 11 is 5.98. The highest BCUT2D eigenvalue weighted by atomic mass is 35.5.